The molecule has 5 rings (SSSR count). The van der Waals surface area contributed by atoms with E-state index in [-0.39, 0.29) is 11.9 Å². The fourth-order valence-corrected chi connectivity index (χ4v) is 4.42. The summed E-state index contributed by atoms with van der Waals surface area (Å²) in [4.78, 5) is 28.5. The minimum atomic E-state index is -0.0577. The number of fused-ring (bicyclic) bond motifs is 3. The molecular formula is C22H28N8O. The van der Waals surface area contributed by atoms with E-state index in [1.54, 1.807) is 6.20 Å². The largest absolute Gasteiger partial charge is 0.368 e. The van der Waals surface area contributed by atoms with E-state index in [4.69, 9.17) is 4.98 Å². The fourth-order valence-electron chi connectivity index (χ4n) is 4.42. The summed E-state index contributed by atoms with van der Waals surface area (Å²) >= 11 is 0. The number of nitrogens with one attached hydrogen (secondary N) is 3. The molecule has 0 aromatic carbocycles. The lowest BCUT2D eigenvalue weighted by Gasteiger charge is -2.29. The number of hydrogen-bond acceptors (Lipinski definition) is 7. The normalized spacial score (nSPS) is 18.9. The lowest BCUT2D eigenvalue weighted by molar-refractivity contribution is 0.0912. The number of hydrogen-bond donors (Lipinski definition) is 3. The summed E-state index contributed by atoms with van der Waals surface area (Å²) in [6, 6.07) is 6.08. The molecule has 0 spiro atoms. The third kappa shape index (κ3) is 3.93. The van der Waals surface area contributed by atoms with Gasteiger partial charge in [-0.25, -0.2) is 9.97 Å². The maximum atomic E-state index is 12.4. The zero-order valence-electron chi connectivity index (χ0n) is 17.9. The Morgan fingerprint density at radius 2 is 2.03 bits per heavy atom. The van der Waals surface area contributed by atoms with Crippen molar-refractivity contribution in [2.24, 2.45) is 5.92 Å². The number of rotatable bonds is 5. The van der Waals surface area contributed by atoms with Gasteiger partial charge in [0.25, 0.3) is 5.91 Å². The van der Waals surface area contributed by atoms with Gasteiger partial charge in [-0.1, -0.05) is 13.8 Å². The predicted molar refractivity (Wildman–Crippen MR) is 121 cm³/mol. The molecule has 3 aromatic heterocycles. The van der Waals surface area contributed by atoms with Crippen molar-refractivity contribution in [1.82, 2.24) is 30.2 Å². The van der Waals surface area contributed by atoms with Crippen LogP contribution in [0.4, 0.5) is 17.5 Å². The highest BCUT2D eigenvalue weighted by molar-refractivity contribution is 5.98. The van der Waals surface area contributed by atoms with Crippen LogP contribution >= 0.6 is 0 Å². The second-order valence-corrected chi connectivity index (χ2v) is 8.63. The number of carbonyl (C=O) groups is 1. The molecule has 3 N–H and O–H groups in total. The maximum absolute atomic E-state index is 12.4. The molecule has 0 aliphatic carbocycles. The van der Waals surface area contributed by atoms with Crippen LogP contribution in [0.5, 0.6) is 0 Å². The quantitative estimate of drug-likeness (QED) is 0.582. The Hall–Kier alpha value is -3.20. The number of nitrogens with zero attached hydrogens (tertiary/aromatic N) is 5. The Morgan fingerprint density at radius 1 is 1.19 bits per heavy atom. The zero-order valence-corrected chi connectivity index (χ0v) is 17.9. The summed E-state index contributed by atoms with van der Waals surface area (Å²) in [5.41, 5.74) is 2.55. The third-order valence-electron chi connectivity index (χ3n) is 5.89. The highest BCUT2D eigenvalue weighted by Crippen LogP contribution is 2.29. The average molecular weight is 421 g/mol. The molecule has 5 heterocycles. The summed E-state index contributed by atoms with van der Waals surface area (Å²) in [5, 5.41) is 10.4. The second-order valence-electron chi connectivity index (χ2n) is 8.63. The molecule has 2 aliphatic rings. The van der Waals surface area contributed by atoms with Crippen LogP contribution in [0.1, 0.15) is 36.8 Å². The molecule has 1 atom stereocenters. The number of pyridine rings is 1. The van der Waals surface area contributed by atoms with E-state index in [1.165, 1.54) is 0 Å². The van der Waals surface area contributed by atoms with Crippen LogP contribution in [0.3, 0.4) is 0 Å². The molecule has 1 fully saturated rings. The van der Waals surface area contributed by atoms with Gasteiger partial charge in [-0.05, 0) is 30.5 Å². The van der Waals surface area contributed by atoms with Crippen LogP contribution in [0.15, 0.2) is 30.6 Å². The van der Waals surface area contributed by atoms with Crippen LogP contribution in [0, 0.1) is 5.92 Å². The molecule has 1 unspecified atom stereocenters. The standard InChI is InChI=1S/C22H28N8O/c1-14(2)9-17-13-25-21(31)18-10-15-11-26-22(28-20(15)30(17)18)27-19-4-3-16(12-24-19)29-7-5-23-6-8-29/h3-4,10-12,14,17,23H,5-9,13H2,1-2H3,(H,25,31)(H,24,26,27,28). The van der Waals surface area contributed by atoms with Crippen molar-refractivity contribution >= 4 is 34.4 Å². The minimum absolute atomic E-state index is 0.0577. The van der Waals surface area contributed by atoms with E-state index < -0.39 is 0 Å². The number of piperazine rings is 1. The van der Waals surface area contributed by atoms with Crippen molar-refractivity contribution in [2.75, 3.05) is 42.9 Å². The van der Waals surface area contributed by atoms with Gasteiger partial charge < -0.3 is 25.4 Å². The summed E-state index contributed by atoms with van der Waals surface area (Å²) < 4.78 is 2.07. The number of anilines is 3. The van der Waals surface area contributed by atoms with Crippen molar-refractivity contribution in [3.63, 3.8) is 0 Å². The molecule has 0 saturated carbocycles. The van der Waals surface area contributed by atoms with Crippen LogP contribution in [-0.2, 0) is 0 Å². The smallest absolute Gasteiger partial charge is 0.268 e. The van der Waals surface area contributed by atoms with Gasteiger partial charge in [-0.15, -0.1) is 0 Å². The van der Waals surface area contributed by atoms with E-state index in [1.807, 2.05) is 18.3 Å². The molecule has 9 heteroatoms. The molecule has 0 radical (unpaired) electrons. The predicted octanol–water partition coefficient (Wildman–Crippen LogP) is 2.31. The monoisotopic (exact) mass is 420 g/mol. The zero-order chi connectivity index (χ0) is 21.4. The van der Waals surface area contributed by atoms with Crippen molar-refractivity contribution < 1.29 is 4.79 Å². The number of amides is 1. The van der Waals surface area contributed by atoms with Gasteiger partial charge >= 0.3 is 0 Å². The molecule has 9 nitrogen and oxygen atoms in total. The number of carbonyl (C=O) groups excluding carboxylic acids is 1. The highest BCUT2D eigenvalue weighted by atomic mass is 16.2. The first-order chi connectivity index (χ1) is 15.1. The SMILES string of the molecule is CC(C)CC1CNC(=O)c2cc3cnc(Nc4ccc(N5CCNCC5)cn4)nc3n21. The molecule has 0 bridgehead atoms. The van der Waals surface area contributed by atoms with Crippen molar-refractivity contribution in [3.8, 4) is 0 Å². The van der Waals surface area contributed by atoms with Gasteiger partial charge in [-0.2, -0.15) is 4.98 Å². The molecular weight excluding hydrogens is 392 g/mol. The Labute approximate surface area is 181 Å². The summed E-state index contributed by atoms with van der Waals surface area (Å²) in [7, 11) is 0. The molecule has 3 aromatic rings. The van der Waals surface area contributed by atoms with E-state index in [0.29, 0.717) is 29.9 Å². The molecule has 31 heavy (non-hydrogen) atoms. The van der Waals surface area contributed by atoms with Gasteiger partial charge in [0.1, 0.15) is 17.2 Å². The first-order valence-electron chi connectivity index (χ1n) is 10.9. The van der Waals surface area contributed by atoms with Crippen molar-refractivity contribution in [1.29, 1.82) is 0 Å². The lowest BCUT2D eigenvalue weighted by atomic mass is 10.0. The maximum Gasteiger partial charge on any atom is 0.268 e. The second kappa shape index (κ2) is 8.14. The third-order valence-corrected chi connectivity index (χ3v) is 5.89. The topological polar surface area (TPSA) is 100 Å². The molecule has 162 valence electrons. The van der Waals surface area contributed by atoms with E-state index in [2.05, 4.69) is 55.3 Å². The van der Waals surface area contributed by atoms with Crippen LogP contribution in [0.25, 0.3) is 11.0 Å². The minimum Gasteiger partial charge on any atom is -0.368 e. The number of aromatic nitrogens is 4. The lowest BCUT2D eigenvalue weighted by Crippen LogP contribution is -2.43. The average Bonchev–Trinajstić information content (AvgIpc) is 3.17. The van der Waals surface area contributed by atoms with Crippen LogP contribution in [0.2, 0.25) is 0 Å². The van der Waals surface area contributed by atoms with Crippen LogP contribution < -0.4 is 20.9 Å². The Bertz CT molecular complexity index is 1080. The van der Waals surface area contributed by atoms with E-state index in [9.17, 15) is 4.79 Å². The Morgan fingerprint density at radius 3 is 2.77 bits per heavy atom. The van der Waals surface area contributed by atoms with Crippen molar-refractivity contribution in [3.05, 3.63) is 36.3 Å². The molecule has 2 aliphatic heterocycles. The van der Waals surface area contributed by atoms with Gasteiger partial charge in [0.15, 0.2) is 0 Å². The highest BCUT2D eigenvalue weighted by Gasteiger charge is 2.28. The van der Waals surface area contributed by atoms with Gasteiger partial charge in [-0.3, -0.25) is 4.79 Å². The Kier molecular flexibility index (Phi) is 5.19. The summed E-state index contributed by atoms with van der Waals surface area (Å²) in [5.74, 6) is 1.63. The van der Waals surface area contributed by atoms with Crippen molar-refractivity contribution in [2.45, 2.75) is 26.3 Å². The van der Waals surface area contributed by atoms with Gasteiger partial charge in [0, 0.05) is 44.3 Å². The Balaban J connectivity index is 1.41. The summed E-state index contributed by atoms with van der Waals surface area (Å²) in [6.07, 6.45) is 4.62. The summed E-state index contributed by atoms with van der Waals surface area (Å²) in [6.45, 7) is 8.96. The fraction of sp³-hybridized carbons (Fsp3) is 0.455. The van der Waals surface area contributed by atoms with Gasteiger partial charge in [0.05, 0.1) is 17.9 Å². The molecule has 1 amide bonds. The van der Waals surface area contributed by atoms with E-state index >= 15 is 0 Å². The van der Waals surface area contributed by atoms with Crippen LogP contribution in [-0.4, -0.2) is 58.1 Å². The van der Waals surface area contributed by atoms with E-state index in [0.717, 1.165) is 49.3 Å². The van der Waals surface area contributed by atoms with Gasteiger partial charge in [0.2, 0.25) is 5.95 Å². The first kappa shape index (κ1) is 19.7. The molecule has 1 saturated heterocycles. The first-order valence-corrected chi connectivity index (χ1v) is 10.9.